The second-order valence-electron chi connectivity index (χ2n) is 5.53. The van der Waals surface area contributed by atoms with Crippen LogP contribution in [-0.4, -0.2) is 22.9 Å². The predicted molar refractivity (Wildman–Crippen MR) is 92.8 cm³/mol. The Morgan fingerprint density at radius 2 is 1.65 bits per heavy atom. The SMILES string of the molecule is FC(F)(F)Nc1cnc(-c2cccc(OCCc3ccccc3)c2)nc1. The highest BCUT2D eigenvalue weighted by Gasteiger charge is 2.27. The second-order valence-corrected chi connectivity index (χ2v) is 5.53. The molecule has 1 N–H and O–H groups in total. The lowest BCUT2D eigenvalue weighted by Gasteiger charge is -2.10. The summed E-state index contributed by atoms with van der Waals surface area (Å²) < 4.78 is 42.6. The van der Waals surface area contributed by atoms with Gasteiger partial charge in [0.15, 0.2) is 5.82 Å². The van der Waals surface area contributed by atoms with Crippen molar-refractivity contribution in [1.29, 1.82) is 0 Å². The molecule has 1 aromatic heterocycles. The minimum atomic E-state index is -4.52. The van der Waals surface area contributed by atoms with Crippen LogP contribution in [0.2, 0.25) is 0 Å². The molecule has 3 aromatic rings. The van der Waals surface area contributed by atoms with Crippen molar-refractivity contribution in [3.05, 3.63) is 72.6 Å². The van der Waals surface area contributed by atoms with Crippen molar-refractivity contribution in [2.45, 2.75) is 12.7 Å². The molecule has 0 amide bonds. The third-order valence-electron chi connectivity index (χ3n) is 3.53. The van der Waals surface area contributed by atoms with E-state index in [0.29, 0.717) is 23.7 Å². The van der Waals surface area contributed by atoms with Crippen molar-refractivity contribution in [3.8, 4) is 17.1 Å². The Morgan fingerprint density at radius 1 is 0.923 bits per heavy atom. The molecule has 0 bridgehead atoms. The molecule has 134 valence electrons. The van der Waals surface area contributed by atoms with Gasteiger partial charge in [0.25, 0.3) is 0 Å². The Labute approximate surface area is 148 Å². The molecule has 0 radical (unpaired) electrons. The first-order valence-electron chi connectivity index (χ1n) is 7.94. The Bertz CT molecular complexity index is 837. The summed E-state index contributed by atoms with van der Waals surface area (Å²) in [6, 6.07) is 17.1. The summed E-state index contributed by atoms with van der Waals surface area (Å²) in [4.78, 5) is 7.95. The van der Waals surface area contributed by atoms with Gasteiger partial charge in [0.2, 0.25) is 0 Å². The summed E-state index contributed by atoms with van der Waals surface area (Å²) in [6.07, 6.45) is -1.55. The molecule has 4 nitrogen and oxygen atoms in total. The molecule has 1 heterocycles. The van der Waals surface area contributed by atoms with Crippen LogP contribution in [0.5, 0.6) is 5.75 Å². The van der Waals surface area contributed by atoms with Crippen LogP contribution < -0.4 is 10.1 Å². The highest BCUT2D eigenvalue weighted by Crippen LogP contribution is 2.23. The van der Waals surface area contributed by atoms with E-state index in [0.717, 1.165) is 18.8 Å². The summed E-state index contributed by atoms with van der Waals surface area (Å²) in [5.74, 6) is 0.978. The van der Waals surface area contributed by atoms with Crippen molar-refractivity contribution in [3.63, 3.8) is 0 Å². The maximum Gasteiger partial charge on any atom is 0.482 e. The summed E-state index contributed by atoms with van der Waals surface area (Å²) in [5.41, 5.74) is 1.64. The minimum Gasteiger partial charge on any atom is -0.493 e. The third-order valence-corrected chi connectivity index (χ3v) is 3.53. The highest BCUT2D eigenvalue weighted by atomic mass is 19.4. The molecule has 0 aliphatic heterocycles. The van der Waals surface area contributed by atoms with Gasteiger partial charge < -0.3 is 4.74 Å². The van der Waals surface area contributed by atoms with Crippen LogP contribution in [0.1, 0.15) is 5.56 Å². The van der Waals surface area contributed by atoms with Crippen LogP contribution in [-0.2, 0) is 6.42 Å². The van der Waals surface area contributed by atoms with E-state index in [-0.39, 0.29) is 5.69 Å². The van der Waals surface area contributed by atoms with Gasteiger partial charge in [-0.3, -0.25) is 5.32 Å². The Morgan fingerprint density at radius 3 is 2.35 bits per heavy atom. The molecule has 0 aliphatic rings. The van der Waals surface area contributed by atoms with Crippen LogP contribution in [0.15, 0.2) is 67.0 Å². The Kier molecular flexibility index (Phi) is 5.36. The summed E-state index contributed by atoms with van der Waals surface area (Å²) >= 11 is 0. The fourth-order valence-electron chi connectivity index (χ4n) is 2.36. The molecule has 0 fully saturated rings. The van der Waals surface area contributed by atoms with E-state index in [2.05, 4.69) is 9.97 Å². The van der Waals surface area contributed by atoms with Crippen molar-refractivity contribution in [1.82, 2.24) is 9.97 Å². The zero-order valence-electron chi connectivity index (χ0n) is 13.7. The molecule has 0 aliphatic carbocycles. The molecule has 0 unspecified atom stereocenters. The highest BCUT2D eigenvalue weighted by molar-refractivity contribution is 5.58. The average molecular weight is 359 g/mol. The van der Waals surface area contributed by atoms with E-state index in [4.69, 9.17) is 4.74 Å². The molecular weight excluding hydrogens is 343 g/mol. The standard InChI is InChI=1S/C19H16F3N3O/c20-19(21,22)25-16-12-23-18(24-13-16)15-7-4-8-17(11-15)26-10-9-14-5-2-1-3-6-14/h1-8,11-13,25H,9-10H2. The van der Waals surface area contributed by atoms with Gasteiger partial charge in [-0.1, -0.05) is 42.5 Å². The predicted octanol–water partition coefficient (Wildman–Crippen LogP) is 4.70. The van der Waals surface area contributed by atoms with E-state index < -0.39 is 6.30 Å². The summed E-state index contributed by atoms with van der Waals surface area (Å²) in [6.45, 7) is 0.517. The van der Waals surface area contributed by atoms with E-state index in [1.54, 1.807) is 18.2 Å². The van der Waals surface area contributed by atoms with Crippen LogP contribution in [0.3, 0.4) is 0 Å². The molecular formula is C19H16F3N3O. The van der Waals surface area contributed by atoms with E-state index >= 15 is 0 Å². The normalized spacial score (nSPS) is 11.2. The lowest BCUT2D eigenvalue weighted by atomic mass is 10.2. The number of hydrogen-bond donors (Lipinski definition) is 1. The van der Waals surface area contributed by atoms with Crippen molar-refractivity contribution >= 4 is 5.69 Å². The first-order chi connectivity index (χ1) is 12.5. The number of alkyl halides is 3. The van der Waals surface area contributed by atoms with Gasteiger partial charge in [-0.2, -0.15) is 13.2 Å². The van der Waals surface area contributed by atoms with Gasteiger partial charge in [-0.15, -0.1) is 0 Å². The van der Waals surface area contributed by atoms with Crippen molar-refractivity contribution in [2.24, 2.45) is 0 Å². The van der Waals surface area contributed by atoms with Crippen LogP contribution in [0.25, 0.3) is 11.4 Å². The number of halogens is 3. The molecule has 0 saturated carbocycles. The van der Waals surface area contributed by atoms with E-state index in [1.807, 2.05) is 36.4 Å². The smallest absolute Gasteiger partial charge is 0.482 e. The van der Waals surface area contributed by atoms with Gasteiger partial charge in [-0.05, 0) is 17.7 Å². The minimum absolute atomic E-state index is 0.212. The summed E-state index contributed by atoms with van der Waals surface area (Å²) in [5, 5.41) is 1.36. The van der Waals surface area contributed by atoms with Gasteiger partial charge in [0, 0.05) is 12.0 Å². The van der Waals surface area contributed by atoms with E-state index in [1.165, 1.54) is 10.9 Å². The topological polar surface area (TPSA) is 47.0 Å². The number of nitrogens with zero attached hydrogens (tertiary/aromatic N) is 2. The lowest BCUT2D eigenvalue weighted by molar-refractivity contribution is -0.0999. The molecule has 0 atom stereocenters. The monoisotopic (exact) mass is 359 g/mol. The summed E-state index contributed by atoms with van der Waals surface area (Å²) in [7, 11) is 0. The maximum absolute atomic E-state index is 12.3. The molecule has 26 heavy (non-hydrogen) atoms. The van der Waals surface area contributed by atoms with Crippen molar-refractivity contribution in [2.75, 3.05) is 11.9 Å². The number of nitrogens with one attached hydrogen (secondary N) is 1. The first-order valence-corrected chi connectivity index (χ1v) is 7.94. The Hall–Kier alpha value is -3.09. The molecule has 0 spiro atoms. The largest absolute Gasteiger partial charge is 0.493 e. The quantitative estimate of drug-likeness (QED) is 0.648. The third kappa shape index (κ3) is 5.20. The number of ether oxygens (including phenoxy) is 1. The molecule has 0 saturated heterocycles. The molecule has 2 aromatic carbocycles. The van der Waals surface area contributed by atoms with Gasteiger partial charge in [-0.25, -0.2) is 9.97 Å². The van der Waals surface area contributed by atoms with Crippen LogP contribution in [0.4, 0.5) is 18.9 Å². The fraction of sp³-hybridized carbons (Fsp3) is 0.158. The van der Waals surface area contributed by atoms with E-state index in [9.17, 15) is 13.2 Å². The van der Waals surface area contributed by atoms with Gasteiger partial charge in [0.1, 0.15) is 5.75 Å². The zero-order chi connectivity index (χ0) is 18.4. The zero-order valence-corrected chi connectivity index (χ0v) is 13.7. The lowest BCUT2D eigenvalue weighted by Crippen LogP contribution is -2.20. The first kappa shape index (κ1) is 17.7. The van der Waals surface area contributed by atoms with Crippen LogP contribution >= 0.6 is 0 Å². The molecule has 7 heteroatoms. The van der Waals surface area contributed by atoms with Crippen molar-refractivity contribution < 1.29 is 17.9 Å². The number of benzene rings is 2. The number of aromatic nitrogens is 2. The average Bonchev–Trinajstić information content (AvgIpc) is 2.62. The Balaban J connectivity index is 1.63. The van der Waals surface area contributed by atoms with Gasteiger partial charge in [0.05, 0.1) is 24.7 Å². The number of rotatable bonds is 6. The number of hydrogen-bond acceptors (Lipinski definition) is 4. The second kappa shape index (κ2) is 7.86. The van der Waals surface area contributed by atoms with Crippen LogP contribution in [0, 0.1) is 0 Å². The number of anilines is 1. The fourth-order valence-corrected chi connectivity index (χ4v) is 2.36. The van der Waals surface area contributed by atoms with Gasteiger partial charge >= 0.3 is 6.30 Å². The maximum atomic E-state index is 12.3. The molecule has 3 rings (SSSR count).